The van der Waals surface area contributed by atoms with E-state index in [2.05, 4.69) is 19.8 Å². The fourth-order valence-corrected chi connectivity index (χ4v) is 3.78. The first-order valence-electron chi connectivity index (χ1n) is 7.34. The molecule has 0 aliphatic rings. The smallest absolute Gasteiger partial charge is 0.331 e. The molecule has 10 heteroatoms. The minimum Gasteiger partial charge on any atom is -0.331 e. The summed E-state index contributed by atoms with van der Waals surface area (Å²) in [5.41, 5.74) is -0.0244. The lowest BCUT2D eigenvalue weighted by Gasteiger charge is -2.23. The Morgan fingerprint density at radius 3 is 2.44 bits per heavy atom. The molecule has 0 saturated carbocycles. The zero-order valence-corrected chi connectivity index (χ0v) is 15.8. The summed E-state index contributed by atoms with van der Waals surface area (Å²) in [7, 11) is -3.14. The molecule has 0 amide bonds. The van der Waals surface area contributed by atoms with E-state index in [-0.39, 0.29) is 22.1 Å². The SMILES string of the molecule is CC(C)(C)CNP(C)(=O)c1ccc(-c2noc(C(F)(F)Cl)n2)cc1F. The maximum atomic E-state index is 14.4. The molecule has 1 heterocycles. The summed E-state index contributed by atoms with van der Waals surface area (Å²) >= 11 is 4.80. The Labute approximate surface area is 148 Å². The third-order valence-electron chi connectivity index (χ3n) is 3.25. The normalized spacial score (nSPS) is 15.2. The molecular formula is C15H18ClF3N3O2P. The maximum absolute atomic E-state index is 14.4. The van der Waals surface area contributed by atoms with Crippen molar-refractivity contribution in [2.75, 3.05) is 13.2 Å². The van der Waals surface area contributed by atoms with Crippen LogP contribution in [-0.4, -0.2) is 23.4 Å². The topological polar surface area (TPSA) is 68.0 Å². The Bertz CT molecular complexity index is 815. The van der Waals surface area contributed by atoms with Crippen LogP contribution < -0.4 is 10.4 Å². The van der Waals surface area contributed by atoms with Gasteiger partial charge in [0, 0.05) is 18.8 Å². The van der Waals surface area contributed by atoms with Crippen molar-refractivity contribution in [3.63, 3.8) is 0 Å². The molecule has 5 nitrogen and oxygen atoms in total. The van der Waals surface area contributed by atoms with E-state index in [4.69, 9.17) is 11.6 Å². The van der Waals surface area contributed by atoms with Crippen LogP contribution in [0.25, 0.3) is 11.4 Å². The number of hydrogen-bond acceptors (Lipinski definition) is 4. The molecule has 0 spiro atoms. The highest BCUT2D eigenvalue weighted by Gasteiger charge is 2.36. The lowest BCUT2D eigenvalue weighted by molar-refractivity contribution is 0.0551. The van der Waals surface area contributed by atoms with E-state index in [1.165, 1.54) is 18.8 Å². The van der Waals surface area contributed by atoms with Crippen LogP contribution in [-0.2, 0) is 9.95 Å². The molecular weight excluding hydrogens is 378 g/mol. The number of halogens is 4. The van der Waals surface area contributed by atoms with E-state index >= 15 is 0 Å². The predicted octanol–water partition coefficient (Wildman–Crippen LogP) is 4.33. The molecule has 1 aromatic carbocycles. The van der Waals surface area contributed by atoms with Gasteiger partial charge >= 0.3 is 11.3 Å². The van der Waals surface area contributed by atoms with E-state index in [1.54, 1.807) is 0 Å². The van der Waals surface area contributed by atoms with Gasteiger partial charge in [0.1, 0.15) is 5.82 Å². The largest absolute Gasteiger partial charge is 0.400 e. The second kappa shape index (κ2) is 6.74. The zero-order chi connectivity index (χ0) is 19.0. The third kappa shape index (κ3) is 5.06. The van der Waals surface area contributed by atoms with Crippen molar-refractivity contribution in [2.45, 2.75) is 26.2 Å². The van der Waals surface area contributed by atoms with Crippen LogP contribution in [0.15, 0.2) is 22.7 Å². The standard InChI is InChI=1S/C15H18ClF3N3O2P/c1-14(2,3)8-20-25(4,23)11-6-5-9(7-10(11)17)12-21-13(24-22-12)15(16,18)19/h5-7H,8H2,1-4H3,(H,20,23). The minimum absolute atomic E-state index is 0.00638. The molecule has 0 aliphatic carbocycles. The summed E-state index contributed by atoms with van der Waals surface area (Å²) in [6.07, 6.45) is 0. The fourth-order valence-electron chi connectivity index (χ4n) is 1.92. The number of benzene rings is 1. The van der Waals surface area contributed by atoms with Crippen molar-refractivity contribution in [3.8, 4) is 11.4 Å². The zero-order valence-electron chi connectivity index (χ0n) is 14.1. The van der Waals surface area contributed by atoms with Crippen LogP contribution >= 0.6 is 18.9 Å². The number of nitrogens with one attached hydrogen (secondary N) is 1. The van der Waals surface area contributed by atoms with Crippen molar-refractivity contribution in [1.29, 1.82) is 0 Å². The lowest BCUT2D eigenvalue weighted by Crippen LogP contribution is -2.29. The Balaban J connectivity index is 2.29. The van der Waals surface area contributed by atoms with Crippen LogP contribution in [0.3, 0.4) is 0 Å². The maximum Gasteiger partial charge on any atom is 0.400 e. The molecule has 1 N–H and O–H groups in total. The van der Waals surface area contributed by atoms with Crippen LogP contribution in [0.2, 0.25) is 0 Å². The van der Waals surface area contributed by atoms with E-state index < -0.39 is 24.4 Å². The third-order valence-corrected chi connectivity index (χ3v) is 5.45. The molecule has 1 unspecified atom stereocenters. The Kier molecular flexibility index (Phi) is 5.38. The quantitative estimate of drug-likeness (QED) is 0.602. The van der Waals surface area contributed by atoms with Gasteiger partial charge in [0.25, 0.3) is 0 Å². The molecule has 0 bridgehead atoms. The highest BCUT2D eigenvalue weighted by atomic mass is 35.5. The number of nitrogens with zero attached hydrogens (tertiary/aromatic N) is 2. The Hall–Kier alpha value is -1.37. The van der Waals surface area contributed by atoms with Gasteiger partial charge in [0.2, 0.25) is 5.82 Å². The highest BCUT2D eigenvalue weighted by molar-refractivity contribution is 7.69. The highest BCUT2D eigenvalue weighted by Crippen LogP contribution is 2.38. The van der Waals surface area contributed by atoms with Gasteiger partial charge in [0.05, 0.1) is 5.30 Å². The number of rotatable bonds is 5. The van der Waals surface area contributed by atoms with Gasteiger partial charge in [-0.15, -0.1) is 0 Å². The summed E-state index contributed by atoms with van der Waals surface area (Å²) in [4.78, 5) is 3.44. The first-order valence-corrected chi connectivity index (χ1v) is 9.87. The summed E-state index contributed by atoms with van der Waals surface area (Å²) in [6, 6.07) is 3.72. The molecule has 0 fully saturated rings. The van der Waals surface area contributed by atoms with Crippen LogP contribution in [0.5, 0.6) is 0 Å². The second-order valence-electron chi connectivity index (χ2n) is 6.91. The van der Waals surface area contributed by atoms with Crippen molar-refractivity contribution < 1.29 is 22.3 Å². The van der Waals surface area contributed by atoms with Crippen LogP contribution in [0.4, 0.5) is 13.2 Å². The Morgan fingerprint density at radius 2 is 1.96 bits per heavy atom. The number of hydrogen-bond donors (Lipinski definition) is 1. The number of aromatic nitrogens is 2. The average Bonchev–Trinajstić information content (AvgIpc) is 2.94. The fraction of sp³-hybridized carbons (Fsp3) is 0.467. The van der Waals surface area contributed by atoms with E-state index in [0.717, 1.165) is 6.07 Å². The van der Waals surface area contributed by atoms with Gasteiger partial charge in [-0.1, -0.05) is 32.0 Å². The van der Waals surface area contributed by atoms with E-state index in [9.17, 15) is 17.7 Å². The summed E-state index contributed by atoms with van der Waals surface area (Å²) in [5, 5.41) is 2.44. The molecule has 25 heavy (non-hydrogen) atoms. The molecule has 2 aromatic rings. The molecule has 0 saturated heterocycles. The Morgan fingerprint density at radius 1 is 1.32 bits per heavy atom. The van der Waals surface area contributed by atoms with Crippen molar-refractivity contribution in [3.05, 3.63) is 29.9 Å². The molecule has 1 aromatic heterocycles. The van der Waals surface area contributed by atoms with Crippen molar-refractivity contribution in [2.24, 2.45) is 5.41 Å². The van der Waals surface area contributed by atoms with Gasteiger partial charge in [-0.3, -0.25) is 5.09 Å². The van der Waals surface area contributed by atoms with E-state index in [1.807, 2.05) is 20.8 Å². The number of alkyl halides is 3. The van der Waals surface area contributed by atoms with Gasteiger partial charge in [-0.05, 0) is 29.1 Å². The molecule has 0 aliphatic heterocycles. The van der Waals surface area contributed by atoms with Crippen molar-refractivity contribution >= 4 is 24.2 Å². The molecule has 2 rings (SSSR count). The van der Waals surface area contributed by atoms with Crippen molar-refractivity contribution in [1.82, 2.24) is 15.2 Å². The monoisotopic (exact) mass is 395 g/mol. The average molecular weight is 396 g/mol. The van der Waals surface area contributed by atoms with Gasteiger partial charge < -0.3 is 9.09 Å². The summed E-state index contributed by atoms with van der Waals surface area (Å²) in [5.74, 6) is -2.08. The first kappa shape index (κ1) is 19.9. The molecule has 0 radical (unpaired) electrons. The molecule has 1 atom stereocenters. The van der Waals surface area contributed by atoms with Crippen LogP contribution in [0, 0.1) is 11.2 Å². The molecule has 138 valence electrons. The van der Waals surface area contributed by atoms with Gasteiger partial charge in [-0.2, -0.15) is 13.8 Å². The van der Waals surface area contributed by atoms with Gasteiger partial charge in [0.15, 0.2) is 7.29 Å². The minimum atomic E-state index is -3.81. The van der Waals surface area contributed by atoms with E-state index in [0.29, 0.717) is 6.54 Å². The predicted molar refractivity (Wildman–Crippen MR) is 90.1 cm³/mol. The summed E-state index contributed by atoms with van der Waals surface area (Å²) < 4.78 is 57.4. The van der Waals surface area contributed by atoms with Crippen LogP contribution in [0.1, 0.15) is 26.7 Å². The van der Waals surface area contributed by atoms with Gasteiger partial charge in [-0.25, -0.2) is 4.39 Å². The second-order valence-corrected chi connectivity index (χ2v) is 10.0. The summed E-state index contributed by atoms with van der Waals surface area (Å²) in [6.45, 7) is 7.73. The first-order chi connectivity index (χ1) is 11.3. The lowest BCUT2D eigenvalue weighted by atomic mass is 9.98.